The van der Waals surface area contributed by atoms with Crippen LogP contribution in [0.25, 0.3) is 16.7 Å². The zero-order valence-corrected chi connectivity index (χ0v) is 36.5. The van der Waals surface area contributed by atoms with Crippen LogP contribution in [0.3, 0.4) is 0 Å². The summed E-state index contributed by atoms with van der Waals surface area (Å²) in [4.78, 5) is 4.97. The van der Waals surface area contributed by atoms with Crippen molar-refractivity contribution >= 4 is 39.7 Å². The molecular weight excluding hydrogens is 777 g/mol. The third-order valence-corrected chi connectivity index (χ3v) is 14.1. The number of nitriles is 2. The van der Waals surface area contributed by atoms with Crippen LogP contribution in [-0.4, -0.2) is 0 Å². The average molecular weight is 823 g/mol. The summed E-state index contributed by atoms with van der Waals surface area (Å²) in [5.41, 5.74) is 20.0. The highest BCUT2D eigenvalue weighted by Crippen LogP contribution is 2.64. The van der Waals surface area contributed by atoms with E-state index in [9.17, 15) is 10.5 Å². The third kappa shape index (κ3) is 5.39. The second kappa shape index (κ2) is 14.9. The van der Waals surface area contributed by atoms with Gasteiger partial charge < -0.3 is 9.80 Å². The van der Waals surface area contributed by atoms with E-state index in [1.807, 2.05) is 6.07 Å². The van der Waals surface area contributed by atoms with E-state index in [0.717, 1.165) is 85.9 Å². The summed E-state index contributed by atoms with van der Waals surface area (Å²) in [7, 11) is 0. The molecule has 4 nitrogen and oxygen atoms in total. The Kier molecular flexibility index (Phi) is 9.05. The van der Waals surface area contributed by atoms with Gasteiger partial charge in [0.1, 0.15) is 17.7 Å². The highest BCUT2D eigenvalue weighted by atomic mass is 15.2. The molecule has 3 aliphatic rings. The van der Waals surface area contributed by atoms with Crippen LogP contribution in [0.15, 0.2) is 188 Å². The van der Waals surface area contributed by atoms with Gasteiger partial charge in [-0.1, -0.05) is 167 Å². The fourth-order valence-corrected chi connectivity index (χ4v) is 11.4. The minimum Gasteiger partial charge on any atom is -0.310 e. The van der Waals surface area contributed by atoms with E-state index in [1.54, 1.807) is 0 Å². The fourth-order valence-electron chi connectivity index (χ4n) is 11.4. The molecule has 0 fully saturated rings. The predicted molar refractivity (Wildman–Crippen MR) is 261 cm³/mol. The van der Waals surface area contributed by atoms with E-state index in [2.05, 4.69) is 226 Å². The lowest BCUT2D eigenvalue weighted by Gasteiger charge is -2.44. The molecule has 0 saturated carbocycles. The van der Waals surface area contributed by atoms with Crippen molar-refractivity contribution in [2.75, 3.05) is 9.80 Å². The minimum atomic E-state index is -0.822. The van der Waals surface area contributed by atoms with Gasteiger partial charge >= 0.3 is 0 Å². The lowest BCUT2D eigenvalue weighted by Crippen LogP contribution is -2.35. The van der Waals surface area contributed by atoms with Crippen molar-refractivity contribution in [3.05, 3.63) is 243 Å². The summed E-state index contributed by atoms with van der Waals surface area (Å²) in [5.74, 6) is 0. The van der Waals surface area contributed by atoms with Crippen LogP contribution in [0.5, 0.6) is 0 Å². The lowest BCUT2D eigenvalue weighted by atomic mass is 9.60. The predicted octanol–water partition coefficient (Wildman–Crippen LogP) is 14.9. The van der Waals surface area contributed by atoms with E-state index >= 15 is 0 Å². The molecule has 2 aliphatic carbocycles. The molecule has 4 heteroatoms. The molecule has 0 amide bonds. The molecule has 1 aliphatic heterocycles. The SMILES string of the molecule is CCc1ccccc1N(c1cc(N2c3ccccc3C(C)(C)c3ccccc32)cc(C23c4ccccc4C(=C(C#N)C#N)c4cccc(c42)-c2ccccc23)c1)c1ccccc1CC. The van der Waals surface area contributed by atoms with Gasteiger partial charge in [-0.25, -0.2) is 0 Å². The molecular formula is C60H46N4. The maximum absolute atomic E-state index is 10.6. The normalized spacial score (nSPS) is 15.7. The maximum atomic E-state index is 10.6. The number of hydrogen-bond acceptors (Lipinski definition) is 4. The van der Waals surface area contributed by atoms with Crippen molar-refractivity contribution in [3.8, 4) is 23.3 Å². The molecule has 0 saturated heterocycles. The van der Waals surface area contributed by atoms with Crippen LogP contribution >= 0.6 is 0 Å². The van der Waals surface area contributed by atoms with Crippen molar-refractivity contribution in [2.24, 2.45) is 0 Å². The molecule has 8 aromatic carbocycles. The van der Waals surface area contributed by atoms with Gasteiger partial charge in [0.25, 0.3) is 0 Å². The Labute approximate surface area is 376 Å². The smallest absolute Gasteiger partial charge is 0.138 e. The number of hydrogen-bond donors (Lipinski definition) is 0. The Hall–Kier alpha value is -7.92. The zero-order chi connectivity index (χ0) is 43.7. The van der Waals surface area contributed by atoms with Gasteiger partial charge in [0, 0.05) is 33.7 Å². The second-order valence-electron chi connectivity index (χ2n) is 17.6. The summed E-state index contributed by atoms with van der Waals surface area (Å²) >= 11 is 0. The quantitative estimate of drug-likeness (QED) is 0.150. The van der Waals surface area contributed by atoms with E-state index < -0.39 is 5.41 Å². The van der Waals surface area contributed by atoms with E-state index in [1.165, 1.54) is 27.8 Å². The first-order valence-corrected chi connectivity index (χ1v) is 22.4. The van der Waals surface area contributed by atoms with Gasteiger partial charge in [0.2, 0.25) is 0 Å². The summed E-state index contributed by atoms with van der Waals surface area (Å²) in [6.45, 7) is 9.15. The first-order valence-electron chi connectivity index (χ1n) is 22.4. The first kappa shape index (κ1) is 39.0. The standard InChI is InChI=1S/C60H46N4/c1-5-39-20-7-15-30-53(39)63(54-31-16-8-21-40(54)6-2)43-34-42(35-44(36-43)64-55-32-17-13-28-51(55)59(3,4)52-29-14-18-33-56(52)64)60-49-26-11-9-22-45(49)46-24-19-25-48(58(46)60)57(41(37-61)38-62)47-23-10-12-27-50(47)60/h7-36H,5-6H2,1-4H3. The van der Waals surface area contributed by atoms with Crippen LogP contribution in [0, 0.1) is 22.7 Å². The topological polar surface area (TPSA) is 54.1 Å². The van der Waals surface area contributed by atoms with E-state index in [4.69, 9.17) is 0 Å². The molecule has 1 atom stereocenters. The number of nitrogens with zero attached hydrogens (tertiary/aromatic N) is 4. The monoisotopic (exact) mass is 822 g/mol. The summed E-state index contributed by atoms with van der Waals surface area (Å²) < 4.78 is 0. The molecule has 8 aromatic rings. The fraction of sp³-hybridized carbons (Fsp3) is 0.133. The number of allylic oxidation sites excluding steroid dienone is 1. The van der Waals surface area contributed by atoms with Crippen LogP contribution < -0.4 is 9.80 Å². The van der Waals surface area contributed by atoms with Crippen molar-refractivity contribution in [1.29, 1.82) is 10.5 Å². The number of para-hydroxylation sites is 4. The van der Waals surface area contributed by atoms with E-state index in [0.29, 0.717) is 5.57 Å². The largest absolute Gasteiger partial charge is 0.310 e. The number of aryl methyl sites for hydroxylation is 2. The van der Waals surface area contributed by atoms with Crippen LogP contribution in [0.1, 0.15) is 83.3 Å². The molecule has 0 N–H and O–H groups in total. The molecule has 11 rings (SSSR count). The van der Waals surface area contributed by atoms with Gasteiger partial charge in [-0.2, -0.15) is 10.5 Å². The van der Waals surface area contributed by atoms with Gasteiger partial charge in [-0.05, 0) is 122 Å². The minimum absolute atomic E-state index is 0.113. The first-order chi connectivity index (χ1) is 31.4. The van der Waals surface area contributed by atoms with Crippen molar-refractivity contribution in [3.63, 3.8) is 0 Å². The van der Waals surface area contributed by atoms with Crippen LogP contribution in [0.4, 0.5) is 34.1 Å². The molecule has 0 radical (unpaired) electrons. The second-order valence-corrected chi connectivity index (χ2v) is 17.6. The molecule has 0 aromatic heterocycles. The van der Waals surface area contributed by atoms with Crippen LogP contribution in [-0.2, 0) is 23.7 Å². The summed E-state index contributed by atoms with van der Waals surface area (Å²) in [6, 6.07) is 70.9. The molecule has 0 spiro atoms. The number of fused-ring (bicyclic) bond motifs is 7. The van der Waals surface area contributed by atoms with Gasteiger partial charge in [0.05, 0.1) is 16.8 Å². The Balaban J connectivity index is 1.33. The lowest BCUT2D eigenvalue weighted by molar-refractivity contribution is 0.632. The van der Waals surface area contributed by atoms with Crippen molar-refractivity contribution < 1.29 is 0 Å². The Morgan fingerprint density at radius 3 is 1.59 bits per heavy atom. The highest BCUT2D eigenvalue weighted by Gasteiger charge is 2.52. The Morgan fingerprint density at radius 1 is 0.516 bits per heavy atom. The third-order valence-electron chi connectivity index (χ3n) is 14.1. The Bertz CT molecular complexity index is 3220. The number of benzene rings is 8. The highest BCUT2D eigenvalue weighted by molar-refractivity contribution is 6.02. The van der Waals surface area contributed by atoms with Crippen LogP contribution in [0.2, 0.25) is 0 Å². The van der Waals surface area contributed by atoms with Crippen molar-refractivity contribution in [1.82, 2.24) is 0 Å². The zero-order valence-electron chi connectivity index (χ0n) is 36.5. The van der Waals surface area contributed by atoms with E-state index in [-0.39, 0.29) is 11.0 Å². The average Bonchev–Trinajstić information content (AvgIpc) is 3.65. The molecule has 64 heavy (non-hydrogen) atoms. The summed E-state index contributed by atoms with van der Waals surface area (Å²) in [5, 5.41) is 21.1. The van der Waals surface area contributed by atoms with Gasteiger partial charge in [-0.15, -0.1) is 0 Å². The molecule has 1 heterocycles. The van der Waals surface area contributed by atoms with Gasteiger partial charge in [-0.3, -0.25) is 0 Å². The molecule has 306 valence electrons. The number of anilines is 6. The maximum Gasteiger partial charge on any atom is 0.138 e. The Morgan fingerprint density at radius 2 is 1.00 bits per heavy atom. The van der Waals surface area contributed by atoms with Crippen molar-refractivity contribution in [2.45, 2.75) is 51.4 Å². The summed E-state index contributed by atoms with van der Waals surface area (Å²) in [6.07, 6.45) is 1.73. The van der Waals surface area contributed by atoms with Gasteiger partial charge in [0.15, 0.2) is 0 Å². The molecule has 0 bridgehead atoms. The molecule has 1 unspecified atom stereocenters. The number of rotatable bonds is 7.